The first kappa shape index (κ1) is 20.0. The molecule has 1 unspecified atom stereocenters. The minimum absolute atomic E-state index is 0.0774. The number of piperidine rings is 1. The van der Waals surface area contributed by atoms with Crippen LogP contribution in [0.2, 0.25) is 0 Å². The number of hydrogen-bond acceptors (Lipinski definition) is 5. The SMILES string of the molecule is CCc1cccc(O[C@H]2CCN(c3cc(=O)n(C)c4ccc(C#N)nc34)CC2C)c1. The molecule has 30 heavy (non-hydrogen) atoms. The van der Waals surface area contributed by atoms with E-state index in [-0.39, 0.29) is 17.6 Å². The third kappa shape index (κ3) is 3.76. The van der Waals surface area contributed by atoms with Crippen molar-refractivity contribution in [1.82, 2.24) is 9.55 Å². The number of benzene rings is 1. The Morgan fingerprint density at radius 1 is 1.27 bits per heavy atom. The lowest BCUT2D eigenvalue weighted by Gasteiger charge is -2.38. The number of ether oxygens (including phenoxy) is 1. The second-order valence-electron chi connectivity index (χ2n) is 7.97. The monoisotopic (exact) mass is 402 g/mol. The molecule has 2 aromatic heterocycles. The summed E-state index contributed by atoms with van der Waals surface area (Å²) < 4.78 is 7.89. The molecule has 3 heterocycles. The number of aromatic nitrogens is 2. The Balaban J connectivity index is 1.60. The van der Waals surface area contributed by atoms with Gasteiger partial charge >= 0.3 is 0 Å². The van der Waals surface area contributed by atoms with Crippen LogP contribution in [0.1, 0.15) is 31.5 Å². The van der Waals surface area contributed by atoms with Crippen molar-refractivity contribution < 1.29 is 4.74 Å². The average molecular weight is 402 g/mol. The fraction of sp³-hybridized carbons (Fsp3) is 0.375. The molecule has 1 aliphatic heterocycles. The zero-order valence-electron chi connectivity index (χ0n) is 17.6. The maximum Gasteiger partial charge on any atom is 0.252 e. The highest BCUT2D eigenvalue weighted by molar-refractivity contribution is 5.88. The van der Waals surface area contributed by atoms with Crippen molar-refractivity contribution in [3.05, 3.63) is 64.1 Å². The normalized spacial score (nSPS) is 18.9. The summed E-state index contributed by atoms with van der Waals surface area (Å²) >= 11 is 0. The number of nitriles is 1. The van der Waals surface area contributed by atoms with Crippen LogP contribution >= 0.6 is 0 Å². The fourth-order valence-corrected chi connectivity index (χ4v) is 4.15. The van der Waals surface area contributed by atoms with Crippen molar-refractivity contribution in [2.24, 2.45) is 13.0 Å². The average Bonchev–Trinajstić information content (AvgIpc) is 2.77. The van der Waals surface area contributed by atoms with E-state index in [1.807, 2.05) is 12.1 Å². The van der Waals surface area contributed by atoms with Gasteiger partial charge in [-0.05, 0) is 36.2 Å². The molecule has 0 spiro atoms. The number of rotatable bonds is 4. The van der Waals surface area contributed by atoms with Crippen LogP contribution in [-0.4, -0.2) is 28.7 Å². The molecule has 6 nitrogen and oxygen atoms in total. The van der Waals surface area contributed by atoms with E-state index >= 15 is 0 Å². The van der Waals surface area contributed by atoms with Gasteiger partial charge in [0.15, 0.2) is 0 Å². The number of hydrogen-bond donors (Lipinski definition) is 0. The lowest BCUT2D eigenvalue weighted by Crippen LogP contribution is -2.45. The van der Waals surface area contributed by atoms with Crippen LogP contribution in [0.25, 0.3) is 11.0 Å². The van der Waals surface area contributed by atoms with Gasteiger partial charge in [-0.15, -0.1) is 0 Å². The Hall–Kier alpha value is -3.33. The lowest BCUT2D eigenvalue weighted by molar-refractivity contribution is 0.121. The summed E-state index contributed by atoms with van der Waals surface area (Å²) in [5.74, 6) is 1.20. The zero-order chi connectivity index (χ0) is 21.3. The highest BCUT2D eigenvalue weighted by atomic mass is 16.5. The first-order valence-electron chi connectivity index (χ1n) is 10.4. The number of anilines is 1. The number of pyridine rings is 2. The molecule has 0 amide bonds. The molecule has 1 aliphatic rings. The molecular formula is C24H26N4O2. The van der Waals surface area contributed by atoms with Crippen LogP contribution in [0.15, 0.2) is 47.3 Å². The summed E-state index contributed by atoms with van der Waals surface area (Å²) in [7, 11) is 1.73. The van der Waals surface area contributed by atoms with E-state index in [1.165, 1.54) is 5.56 Å². The molecule has 0 N–H and O–H groups in total. The van der Waals surface area contributed by atoms with Gasteiger partial charge in [-0.1, -0.05) is 26.0 Å². The molecule has 0 bridgehead atoms. The van der Waals surface area contributed by atoms with E-state index in [2.05, 4.69) is 41.9 Å². The Labute approximate surface area is 176 Å². The molecule has 1 aromatic carbocycles. The van der Waals surface area contributed by atoms with Gasteiger partial charge in [0.2, 0.25) is 0 Å². The first-order valence-corrected chi connectivity index (χ1v) is 10.4. The minimum atomic E-state index is -0.0774. The first-order chi connectivity index (χ1) is 14.5. The largest absolute Gasteiger partial charge is 0.490 e. The molecular weight excluding hydrogens is 376 g/mol. The highest BCUT2D eigenvalue weighted by Gasteiger charge is 2.29. The smallest absolute Gasteiger partial charge is 0.252 e. The second kappa shape index (κ2) is 8.19. The summed E-state index contributed by atoms with van der Waals surface area (Å²) in [6, 6.07) is 15.5. The van der Waals surface area contributed by atoms with Crippen molar-refractivity contribution >= 4 is 16.7 Å². The van der Waals surface area contributed by atoms with Gasteiger partial charge in [0.05, 0.1) is 11.2 Å². The summed E-state index contributed by atoms with van der Waals surface area (Å²) in [6.07, 6.45) is 1.96. The lowest BCUT2D eigenvalue weighted by atomic mass is 9.95. The van der Waals surface area contributed by atoms with Crippen LogP contribution in [0.4, 0.5) is 5.69 Å². The minimum Gasteiger partial charge on any atom is -0.490 e. The molecule has 6 heteroatoms. The molecule has 0 saturated carbocycles. The topological polar surface area (TPSA) is 71.2 Å². The van der Waals surface area contributed by atoms with Gasteiger partial charge in [-0.2, -0.15) is 5.26 Å². The predicted octanol–water partition coefficient (Wildman–Crippen LogP) is 3.66. The Bertz CT molecular complexity index is 1180. The van der Waals surface area contributed by atoms with E-state index in [1.54, 1.807) is 29.8 Å². The van der Waals surface area contributed by atoms with Gasteiger partial charge in [-0.3, -0.25) is 4.79 Å². The highest BCUT2D eigenvalue weighted by Crippen LogP contribution is 2.30. The Morgan fingerprint density at radius 3 is 2.83 bits per heavy atom. The Kier molecular flexibility index (Phi) is 5.45. The van der Waals surface area contributed by atoms with Crippen molar-refractivity contribution in [3.8, 4) is 11.8 Å². The standard InChI is InChI=1S/C24H26N4O2/c1-4-17-6-5-7-19(12-17)30-22-10-11-28(15-16(22)2)21-13-23(29)27(3)20-9-8-18(14-25)26-24(20)21/h5-9,12-13,16,22H,4,10-11,15H2,1-3H3/t16?,22-/m0/s1. The van der Waals surface area contributed by atoms with Gasteiger partial charge in [-0.25, -0.2) is 4.98 Å². The van der Waals surface area contributed by atoms with Gasteiger partial charge < -0.3 is 14.2 Å². The summed E-state index contributed by atoms with van der Waals surface area (Å²) in [5.41, 5.74) is 3.76. The molecule has 3 aromatic rings. The van der Waals surface area contributed by atoms with Crippen LogP contribution in [0, 0.1) is 17.2 Å². The van der Waals surface area contributed by atoms with E-state index in [0.717, 1.165) is 42.9 Å². The predicted molar refractivity (Wildman–Crippen MR) is 118 cm³/mol. The fourth-order valence-electron chi connectivity index (χ4n) is 4.15. The van der Waals surface area contributed by atoms with Gasteiger partial charge in [0, 0.05) is 38.5 Å². The zero-order valence-corrected chi connectivity index (χ0v) is 17.6. The van der Waals surface area contributed by atoms with Crippen LogP contribution in [-0.2, 0) is 13.5 Å². The molecule has 0 aliphatic carbocycles. The molecule has 154 valence electrons. The summed E-state index contributed by atoms with van der Waals surface area (Å²) in [4.78, 5) is 19.2. The Morgan fingerprint density at radius 2 is 2.10 bits per heavy atom. The van der Waals surface area contributed by atoms with Crippen LogP contribution in [0.3, 0.4) is 0 Å². The van der Waals surface area contributed by atoms with Crippen molar-refractivity contribution in [2.45, 2.75) is 32.8 Å². The third-order valence-corrected chi connectivity index (χ3v) is 5.94. The number of nitrogens with zero attached hydrogens (tertiary/aromatic N) is 4. The summed E-state index contributed by atoms with van der Waals surface area (Å²) in [5, 5.41) is 9.27. The molecule has 2 atom stereocenters. The second-order valence-corrected chi connectivity index (χ2v) is 7.97. The van der Waals surface area contributed by atoms with Crippen molar-refractivity contribution in [2.75, 3.05) is 18.0 Å². The van der Waals surface area contributed by atoms with Gasteiger partial charge in [0.1, 0.15) is 29.1 Å². The molecule has 4 rings (SSSR count). The maximum absolute atomic E-state index is 12.5. The van der Waals surface area contributed by atoms with Crippen LogP contribution < -0.4 is 15.2 Å². The summed E-state index contributed by atoms with van der Waals surface area (Å²) in [6.45, 7) is 5.85. The van der Waals surface area contributed by atoms with E-state index in [0.29, 0.717) is 11.2 Å². The molecule has 0 radical (unpaired) electrons. The maximum atomic E-state index is 12.5. The van der Waals surface area contributed by atoms with E-state index < -0.39 is 0 Å². The van der Waals surface area contributed by atoms with Gasteiger partial charge in [0.25, 0.3) is 5.56 Å². The third-order valence-electron chi connectivity index (χ3n) is 5.94. The number of aryl methyl sites for hydroxylation is 2. The quantitative estimate of drug-likeness (QED) is 0.666. The van der Waals surface area contributed by atoms with Crippen molar-refractivity contribution in [3.63, 3.8) is 0 Å². The van der Waals surface area contributed by atoms with E-state index in [4.69, 9.17) is 4.74 Å². The van der Waals surface area contributed by atoms with Crippen LogP contribution in [0.5, 0.6) is 5.75 Å². The molecule has 1 fully saturated rings. The van der Waals surface area contributed by atoms with Crippen molar-refractivity contribution in [1.29, 1.82) is 5.26 Å². The number of fused-ring (bicyclic) bond motifs is 1. The molecule has 1 saturated heterocycles. The van der Waals surface area contributed by atoms with E-state index in [9.17, 15) is 10.1 Å².